The van der Waals surface area contributed by atoms with Crippen LogP contribution >= 0.6 is 0 Å². The third kappa shape index (κ3) is 8.23. The van der Waals surface area contributed by atoms with E-state index in [-0.39, 0.29) is 21.7 Å². The highest BCUT2D eigenvalue weighted by Crippen LogP contribution is 2.46. The Hall–Kier alpha value is -7.11. The fourth-order valence-corrected chi connectivity index (χ4v) is 9.94. The zero-order valence-corrected chi connectivity index (χ0v) is 41.6. The van der Waals surface area contributed by atoms with Crippen molar-refractivity contribution < 1.29 is 4.74 Å². The molecule has 5 nitrogen and oxygen atoms in total. The lowest BCUT2D eigenvalue weighted by Crippen LogP contribution is -2.24. The number of benzene rings is 7. The Morgan fingerprint density at radius 1 is 0.441 bits per heavy atom. The van der Waals surface area contributed by atoms with Gasteiger partial charge in [0.05, 0.1) is 22.4 Å². The third-order valence-corrected chi connectivity index (χ3v) is 14.1. The second-order valence-electron chi connectivity index (χ2n) is 22.3. The molecule has 0 atom stereocenters. The van der Waals surface area contributed by atoms with Crippen LogP contribution in [0.3, 0.4) is 0 Å². The van der Waals surface area contributed by atoms with Crippen LogP contribution in [0.4, 0.5) is 22.7 Å². The largest absolute Gasteiger partial charge is 0.457 e. The van der Waals surface area contributed by atoms with Crippen LogP contribution in [0.5, 0.6) is 11.5 Å². The molecule has 0 N–H and O–H groups in total. The molecule has 0 saturated heterocycles. The molecule has 0 spiro atoms. The average Bonchev–Trinajstić information content (AvgIpc) is 3.87. The predicted octanol–water partition coefficient (Wildman–Crippen LogP) is 17.1. The van der Waals surface area contributed by atoms with E-state index in [2.05, 4.69) is 267 Å². The van der Waals surface area contributed by atoms with Gasteiger partial charge < -0.3 is 14.5 Å². The molecule has 0 bridgehead atoms. The number of rotatable bonds is 8. The van der Waals surface area contributed by atoms with Crippen molar-refractivity contribution in [3.63, 3.8) is 0 Å². The number of ether oxygens (including phenoxy) is 1. The quantitative estimate of drug-likeness (QED) is 0.152. The van der Waals surface area contributed by atoms with Crippen molar-refractivity contribution in [1.29, 1.82) is 0 Å². The van der Waals surface area contributed by atoms with Gasteiger partial charge in [0, 0.05) is 51.5 Å². The molecule has 7 aromatic carbocycles. The number of para-hydroxylation sites is 2. The van der Waals surface area contributed by atoms with Crippen molar-refractivity contribution in [1.82, 2.24) is 9.55 Å². The molecule has 2 aromatic heterocycles. The highest BCUT2D eigenvalue weighted by Gasteiger charge is 2.30. The summed E-state index contributed by atoms with van der Waals surface area (Å²) in [7, 11) is 0. The highest BCUT2D eigenvalue weighted by atomic mass is 16.5. The van der Waals surface area contributed by atoms with Crippen molar-refractivity contribution in [2.75, 3.05) is 16.5 Å². The van der Waals surface area contributed by atoms with Crippen LogP contribution in [0.1, 0.15) is 104 Å². The summed E-state index contributed by atoms with van der Waals surface area (Å²) in [6.07, 6.45) is 2.10. The summed E-state index contributed by atoms with van der Waals surface area (Å²) in [6.45, 7) is 25.9. The van der Waals surface area contributed by atoms with Crippen LogP contribution in [-0.2, 0) is 21.7 Å². The normalized spacial score (nSPS) is 13.4. The van der Waals surface area contributed by atoms with Crippen LogP contribution < -0.4 is 14.5 Å². The first kappa shape index (κ1) is 44.7. The van der Waals surface area contributed by atoms with Crippen LogP contribution in [0.2, 0.25) is 0 Å². The zero-order chi connectivity index (χ0) is 47.8. The van der Waals surface area contributed by atoms with Crippen molar-refractivity contribution in [3.8, 4) is 28.4 Å². The molecule has 0 saturated carbocycles. The van der Waals surface area contributed by atoms with Crippen molar-refractivity contribution in [2.24, 2.45) is 0 Å². The number of hydrogen-bond acceptors (Lipinski definition) is 4. The molecule has 0 unspecified atom stereocenters. The van der Waals surface area contributed by atoms with E-state index < -0.39 is 0 Å². The van der Waals surface area contributed by atoms with Crippen LogP contribution in [0.25, 0.3) is 38.8 Å². The molecule has 10 rings (SSSR count). The molecule has 0 aliphatic carbocycles. The second-order valence-corrected chi connectivity index (χ2v) is 22.3. The molecule has 1 aliphatic rings. The van der Waals surface area contributed by atoms with Gasteiger partial charge in [-0.2, -0.15) is 0 Å². The summed E-state index contributed by atoms with van der Waals surface area (Å²) in [5.74, 6) is 2.43. The SMILES string of the molecule is CC(C)(C)c1cccc(N2CN(c3cccc(Oc4ccc5c6ccc(C(C)(C)C)cc6n(-c6cc(C(C)(C)C)c(-c7cccc(C(C)(C)c8ccccc8)c7)cn6)c5c4)c3)c3ccccc32)c1. The fourth-order valence-electron chi connectivity index (χ4n) is 9.94. The van der Waals surface area contributed by atoms with Gasteiger partial charge >= 0.3 is 0 Å². The monoisotopic (exact) mass is 893 g/mol. The summed E-state index contributed by atoms with van der Waals surface area (Å²) in [5, 5.41) is 2.34. The molecule has 1 aliphatic heterocycles. The molecule has 0 radical (unpaired) electrons. The molecule has 5 heteroatoms. The van der Waals surface area contributed by atoms with E-state index in [1.54, 1.807) is 0 Å². The minimum atomic E-state index is -0.171. The third-order valence-electron chi connectivity index (χ3n) is 14.1. The maximum absolute atomic E-state index is 6.86. The van der Waals surface area contributed by atoms with E-state index in [9.17, 15) is 0 Å². The van der Waals surface area contributed by atoms with Gasteiger partial charge in [0.1, 0.15) is 24.0 Å². The van der Waals surface area contributed by atoms with Gasteiger partial charge in [0.25, 0.3) is 0 Å². The van der Waals surface area contributed by atoms with Crippen molar-refractivity contribution in [2.45, 2.75) is 97.8 Å². The Morgan fingerprint density at radius 3 is 1.68 bits per heavy atom. The van der Waals surface area contributed by atoms with Crippen LogP contribution in [-0.4, -0.2) is 16.2 Å². The van der Waals surface area contributed by atoms with Gasteiger partial charge in [-0.3, -0.25) is 4.57 Å². The van der Waals surface area contributed by atoms with Gasteiger partial charge in [0.2, 0.25) is 0 Å². The van der Waals surface area contributed by atoms with Gasteiger partial charge in [0.15, 0.2) is 0 Å². The lowest BCUT2D eigenvalue weighted by atomic mass is 9.76. The maximum atomic E-state index is 6.86. The predicted molar refractivity (Wildman–Crippen MR) is 287 cm³/mol. The Bertz CT molecular complexity index is 3340. The molecular formula is C63H64N4O. The van der Waals surface area contributed by atoms with E-state index in [4.69, 9.17) is 9.72 Å². The standard InChI is InChI=1S/C63H64N4O/c1-60(2,3)44-23-18-25-47(35-44)65-41-66(56-29-16-15-28-55(56)65)48-26-19-27-49(37-48)68-50-31-33-52-51-32-30-45(61(4,5)6)36-57(51)67(58(52)38-50)59-39-54(62(7,8)9)53(40-64-59)42-20-17-24-46(34-42)63(10,11)43-21-13-12-14-22-43/h12-40H,41H2,1-11H3. The maximum Gasteiger partial charge on any atom is 0.137 e. The van der Waals surface area contributed by atoms with Crippen molar-refractivity contribution in [3.05, 3.63) is 204 Å². The lowest BCUT2D eigenvalue weighted by molar-refractivity contribution is 0.483. The minimum absolute atomic E-state index is 0.0372. The summed E-state index contributed by atoms with van der Waals surface area (Å²) < 4.78 is 9.20. The summed E-state index contributed by atoms with van der Waals surface area (Å²) >= 11 is 0. The fraction of sp³-hybridized carbons (Fsp3) is 0.254. The average molecular weight is 893 g/mol. The number of pyridine rings is 1. The summed E-state index contributed by atoms with van der Waals surface area (Å²) in [6, 6.07) is 61.7. The number of anilines is 4. The van der Waals surface area contributed by atoms with Gasteiger partial charge in [-0.1, -0.05) is 173 Å². The Kier molecular flexibility index (Phi) is 10.9. The smallest absolute Gasteiger partial charge is 0.137 e. The van der Waals surface area contributed by atoms with E-state index >= 15 is 0 Å². The molecule has 0 fully saturated rings. The summed E-state index contributed by atoms with van der Waals surface area (Å²) in [5.41, 5.74) is 15.2. The van der Waals surface area contributed by atoms with Crippen LogP contribution in [0, 0.1) is 0 Å². The van der Waals surface area contributed by atoms with Gasteiger partial charge in [-0.15, -0.1) is 0 Å². The highest BCUT2D eigenvalue weighted by molar-refractivity contribution is 6.09. The number of aromatic nitrogens is 2. The Labute approximate surface area is 403 Å². The Balaban J connectivity index is 1.04. The number of fused-ring (bicyclic) bond motifs is 4. The topological polar surface area (TPSA) is 33.5 Å². The van der Waals surface area contributed by atoms with Crippen LogP contribution in [0.15, 0.2) is 176 Å². The summed E-state index contributed by atoms with van der Waals surface area (Å²) in [4.78, 5) is 10.1. The van der Waals surface area contributed by atoms with E-state index in [0.717, 1.165) is 45.0 Å². The number of nitrogens with zero attached hydrogens (tertiary/aromatic N) is 4. The number of hydrogen-bond donors (Lipinski definition) is 0. The lowest BCUT2D eigenvalue weighted by Gasteiger charge is -2.28. The molecule has 3 heterocycles. The van der Waals surface area contributed by atoms with E-state index in [0.29, 0.717) is 6.67 Å². The Morgan fingerprint density at radius 2 is 1.00 bits per heavy atom. The van der Waals surface area contributed by atoms with Gasteiger partial charge in [-0.25, -0.2) is 4.98 Å². The van der Waals surface area contributed by atoms with E-state index in [1.807, 2.05) is 0 Å². The first-order valence-electron chi connectivity index (χ1n) is 24.1. The zero-order valence-electron chi connectivity index (χ0n) is 41.6. The molecule has 0 amide bonds. The molecule has 342 valence electrons. The second kappa shape index (κ2) is 16.6. The minimum Gasteiger partial charge on any atom is -0.457 e. The molecule has 9 aromatic rings. The first-order chi connectivity index (χ1) is 32.3. The molecular weight excluding hydrogens is 829 g/mol. The van der Waals surface area contributed by atoms with Gasteiger partial charge in [-0.05, 0) is 110 Å². The van der Waals surface area contributed by atoms with E-state index in [1.165, 1.54) is 55.8 Å². The molecule has 68 heavy (non-hydrogen) atoms. The van der Waals surface area contributed by atoms with Crippen molar-refractivity contribution >= 4 is 44.6 Å². The first-order valence-corrected chi connectivity index (χ1v) is 24.1.